The standard InChI is InChI=1S/C13H14N2O5S/c16-11(10-6-21-2-1-14-10)15-9-4-7(12(17)18)3-8(5-9)13(19)20/h3-5,10,14H,1-2,6H2,(H,15,16)(H,17,18)(H,19,20). The van der Waals surface area contributed by atoms with Crippen molar-refractivity contribution >= 4 is 35.3 Å². The highest BCUT2D eigenvalue weighted by Crippen LogP contribution is 2.17. The van der Waals surface area contributed by atoms with E-state index in [1.54, 1.807) is 11.8 Å². The average molecular weight is 310 g/mol. The number of aromatic carboxylic acids is 2. The zero-order chi connectivity index (χ0) is 15.4. The van der Waals surface area contributed by atoms with Gasteiger partial charge >= 0.3 is 11.9 Å². The fourth-order valence-electron chi connectivity index (χ4n) is 1.91. The molecule has 1 amide bonds. The Morgan fingerprint density at radius 2 is 1.76 bits per heavy atom. The minimum Gasteiger partial charge on any atom is -0.478 e. The van der Waals surface area contributed by atoms with Gasteiger partial charge in [-0.05, 0) is 18.2 Å². The Bertz CT molecular complexity index is 552. The van der Waals surface area contributed by atoms with E-state index >= 15 is 0 Å². The van der Waals surface area contributed by atoms with Crippen LogP contribution in [0.4, 0.5) is 5.69 Å². The largest absolute Gasteiger partial charge is 0.478 e. The molecule has 1 aliphatic rings. The second-order valence-electron chi connectivity index (χ2n) is 4.48. The first-order valence-corrected chi connectivity index (χ1v) is 7.36. The highest BCUT2D eigenvalue weighted by Gasteiger charge is 2.21. The van der Waals surface area contributed by atoms with Gasteiger partial charge in [-0.25, -0.2) is 9.59 Å². The molecule has 1 aromatic rings. The van der Waals surface area contributed by atoms with Crippen LogP contribution in [0.25, 0.3) is 0 Å². The van der Waals surface area contributed by atoms with Crippen molar-refractivity contribution in [3.8, 4) is 0 Å². The van der Waals surface area contributed by atoms with Gasteiger partial charge in [0.15, 0.2) is 0 Å². The predicted octanol–water partition coefficient (Wildman–Crippen LogP) is 0.726. The number of carbonyl (C=O) groups is 3. The Morgan fingerprint density at radius 3 is 2.24 bits per heavy atom. The van der Waals surface area contributed by atoms with Crippen molar-refractivity contribution in [3.05, 3.63) is 29.3 Å². The van der Waals surface area contributed by atoms with Crippen LogP contribution in [0.3, 0.4) is 0 Å². The van der Waals surface area contributed by atoms with Gasteiger partial charge in [0.2, 0.25) is 5.91 Å². The number of benzene rings is 1. The number of thioether (sulfide) groups is 1. The van der Waals surface area contributed by atoms with E-state index < -0.39 is 11.9 Å². The molecule has 1 heterocycles. The summed E-state index contributed by atoms with van der Waals surface area (Å²) in [6.07, 6.45) is 0. The van der Waals surface area contributed by atoms with Crippen LogP contribution < -0.4 is 10.6 Å². The molecule has 21 heavy (non-hydrogen) atoms. The van der Waals surface area contributed by atoms with E-state index in [-0.39, 0.29) is 28.8 Å². The lowest BCUT2D eigenvalue weighted by Gasteiger charge is -2.22. The zero-order valence-corrected chi connectivity index (χ0v) is 11.8. The summed E-state index contributed by atoms with van der Waals surface area (Å²) in [5.41, 5.74) is -0.206. The summed E-state index contributed by atoms with van der Waals surface area (Å²) in [5, 5.41) is 23.6. The van der Waals surface area contributed by atoms with Crippen LogP contribution >= 0.6 is 11.8 Å². The minimum absolute atomic E-state index is 0.162. The SMILES string of the molecule is O=C(O)c1cc(NC(=O)C2CSCCN2)cc(C(=O)O)c1. The third kappa shape index (κ3) is 3.96. The molecule has 1 fully saturated rings. The van der Waals surface area contributed by atoms with E-state index in [0.717, 1.165) is 18.4 Å². The number of rotatable bonds is 4. The summed E-state index contributed by atoms with van der Waals surface area (Å²) in [5.74, 6) is -1.25. The number of amides is 1. The summed E-state index contributed by atoms with van der Waals surface area (Å²) in [4.78, 5) is 34.0. The summed E-state index contributed by atoms with van der Waals surface area (Å²) >= 11 is 1.65. The lowest BCUT2D eigenvalue weighted by molar-refractivity contribution is -0.117. The Labute approximate surface area is 124 Å². The number of hydrogen-bond donors (Lipinski definition) is 4. The minimum atomic E-state index is -1.25. The Morgan fingerprint density at radius 1 is 1.14 bits per heavy atom. The Hall–Kier alpha value is -2.06. The fraction of sp³-hybridized carbons (Fsp3) is 0.308. The van der Waals surface area contributed by atoms with Crippen molar-refractivity contribution in [1.29, 1.82) is 0 Å². The molecule has 1 aromatic carbocycles. The molecule has 0 bridgehead atoms. The van der Waals surface area contributed by atoms with Crippen LogP contribution in [0.1, 0.15) is 20.7 Å². The van der Waals surface area contributed by atoms with Crippen molar-refractivity contribution in [3.63, 3.8) is 0 Å². The molecule has 0 spiro atoms. The Kier molecular flexibility index (Phi) is 4.81. The maximum absolute atomic E-state index is 12.0. The third-order valence-electron chi connectivity index (χ3n) is 2.93. The highest BCUT2D eigenvalue weighted by molar-refractivity contribution is 7.99. The van der Waals surface area contributed by atoms with E-state index in [9.17, 15) is 14.4 Å². The van der Waals surface area contributed by atoms with Gasteiger partial charge in [0, 0.05) is 23.7 Å². The van der Waals surface area contributed by atoms with Crippen LogP contribution in [0.2, 0.25) is 0 Å². The molecule has 4 N–H and O–H groups in total. The molecule has 1 unspecified atom stereocenters. The second-order valence-corrected chi connectivity index (χ2v) is 5.63. The first kappa shape index (κ1) is 15.3. The molecular formula is C13H14N2O5S. The topological polar surface area (TPSA) is 116 Å². The lowest BCUT2D eigenvalue weighted by Crippen LogP contribution is -2.46. The molecule has 1 saturated heterocycles. The average Bonchev–Trinajstić information content (AvgIpc) is 2.47. The van der Waals surface area contributed by atoms with Gasteiger partial charge < -0.3 is 20.8 Å². The van der Waals surface area contributed by atoms with Gasteiger partial charge in [-0.1, -0.05) is 0 Å². The van der Waals surface area contributed by atoms with E-state index in [1.807, 2.05) is 0 Å². The van der Waals surface area contributed by atoms with Crippen LogP contribution in [0.5, 0.6) is 0 Å². The van der Waals surface area contributed by atoms with Crippen LogP contribution in [-0.4, -0.2) is 52.2 Å². The van der Waals surface area contributed by atoms with Crippen molar-refractivity contribution in [2.45, 2.75) is 6.04 Å². The lowest BCUT2D eigenvalue weighted by atomic mass is 10.1. The van der Waals surface area contributed by atoms with E-state index in [0.29, 0.717) is 5.75 Å². The predicted molar refractivity (Wildman–Crippen MR) is 78.1 cm³/mol. The van der Waals surface area contributed by atoms with Crippen LogP contribution in [0, 0.1) is 0 Å². The zero-order valence-electron chi connectivity index (χ0n) is 11.0. The summed E-state index contributed by atoms with van der Waals surface area (Å²) in [6.45, 7) is 0.721. The third-order valence-corrected chi connectivity index (χ3v) is 3.99. The maximum Gasteiger partial charge on any atom is 0.335 e. The summed E-state index contributed by atoms with van der Waals surface area (Å²) in [7, 11) is 0. The summed E-state index contributed by atoms with van der Waals surface area (Å²) < 4.78 is 0. The van der Waals surface area contributed by atoms with Gasteiger partial charge in [0.05, 0.1) is 17.2 Å². The molecule has 8 heteroatoms. The fourth-order valence-corrected chi connectivity index (χ4v) is 2.84. The highest BCUT2D eigenvalue weighted by atomic mass is 32.2. The normalized spacial score (nSPS) is 18.0. The summed E-state index contributed by atoms with van der Waals surface area (Å²) in [6, 6.07) is 3.16. The quantitative estimate of drug-likeness (QED) is 0.648. The Balaban J connectivity index is 2.20. The van der Waals surface area contributed by atoms with Gasteiger partial charge in [-0.3, -0.25) is 4.79 Å². The first-order chi connectivity index (χ1) is 9.97. The van der Waals surface area contributed by atoms with Crippen LogP contribution in [-0.2, 0) is 4.79 Å². The van der Waals surface area contributed by atoms with Gasteiger partial charge in [0.25, 0.3) is 0 Å². The van der Waals surface area contributed by atoms with Crippen molar-refractivity contribution in [2.24, 2.45) is 0 Å². The van der Waals surface area contributed by atoms with Crippen molar-refractivity contribution < 1.29 is 24.6 Å². The molecule has 1 atom stereocenters. The van der Waals surface area contributed by atoms with E-state index in [2.05, 4.69) is 10.6 Å². The first-order valence-electron chi connectivity index (χ1n) is 6.21. The molecule has 1 aliphatic heterocycles. The van der Waals surface area contributed by atoms with Crippen molar-refractivity contribution in [2.75, 3.05) is 23.4 Å². The maximum atomic E-state index is 12.0. The molecular weight excluding hydrogens is 296 g/mol. The van der Waals surface area contributed by atoms with Crippen LogP contribution in [0.15, 0.2) is 18.2 Å². The van der Waals surface area contributed by atoms with E-state index in [4.69, 9.17) is 10.2 Å². The molecule has 0 aliphatic carbocycles. The van der Waals surface area contributed by atoms with Crippen molar-refractivity contribution in [1.82, 2.24) is 5.32 Å². The van der Waals surface area contributed by atoms with Gasteiger partial charge in [-0.2, -0.15) is 11.8 Å². The monoisotopic (exact) mass is 310 g/mol. The number of anilines is 1. The smallest absolute Gasteiger partial charge is 0.335 e. The molecule has 0 aromatic heterocycles. The molecule has 0 saturated carbocycles. The molecule has 7 nitrogen and oxygen atoms in total. The van der Waals surface area contributed by atoms with E-state index in [1.165, 1.54) is 12.1 Å². The molecule has 2 rings (SSSR count). The number of carboxylic acids is 2. The van der Waals surface area contributed by atoms with Gasteiger partial charge in [-0.15, -0.1) is 0 Å². The number of carboxylic acid groups (broad SMARTS) is 2. The number of hydrogen-bond acceptors (Lipinski definition) is 5. The molecule has 0 radical (unpaired) electrons. The number of nitrogens with one attached hydrogen (secondary N) is 2. The number of carbonyl (C=O) groups excluding carboxylic acids is 1. The molecule has 112 valence electrons. The van der Waals surface area contributed by atoms with Gasteiger partial charge in [0.1, 0.15) is 0 Å². The second kappa shape index (κ2) is 6.59.